The first-order valence-electron chi connectivity index (χ1n) is 4.05. The predicted octanol–water partition coefficient (Wildman–Crippen LogP) is 2.31. The minimum absolute atomic E-state index is 0.0229. The van der Waals surface area contributed by atoms with Crippen molar-refractivity contribution in [3.05, 3.63) is 22.7 Å². The van der Waals surface area contributed by atoms with E-state index in [-0.39, 0.29) is 10.2 Å². The molecule has 0 heterocycles. The molecule has 0 aromatic heterocycles. The summed E-state index contributed by atoms with van der Waals surface area (Å²) in [6.45, 7) is 0. The summed E-state index contributed by atoms with van der Waals surface area (Å²) in [6.07, 6.45) is -3.20. The summed E-state index contributed by atoms with van der Waals surface area (Å²) in [7, 11) is -4.88. The Morgan fingerprint density at radius 3 is 2.35 bits per heavy atom. The van der Waals surface area contributed by atoms with E-state index in [4.69, 9.17) is 0 Å². The molecule has 0 aliphatic heterocycles. The van der Waals surface area contributed by atoms with Gasteiger partial charge in [-0.05, 0) is 34.1 Å². The third-order valence-electron chi connectivity index (χ3n) is 1.68. The Morgan fingerprint density at radius 2 is 1.94 bits per heavy atom. The van der Waals surface area contributed by atoms with Crippen molar-refractivity contribution >= 4 is 37.7 Å². The number of nitrogens with one attached hydrogen (secondary N) is 1. The Bertz CT molecular complexity index is 547. The molecule has 0 saturated carbocycles. The maximum absolute atomic E-state index is 12.6. The molecule has 0 bridgehead atoms. The highest BCUT2D eigenvalue weighted by atomic mass is 79.9. The van der Waals surface area contributed by atoms with Crippen LogP contribution in [-0.2, 0) is 15.0 Å². The number of alkyl halides is 2. The maximum atomic E-state index is 12.6. The van der Waals surface area contributed by atoms with Gasteiger partial charge in [0.15, 0.2) is 0 Å². The van der Waals surface area contributed by atoms with Crippen molar-refractivity contribution in [2.45, 2.75) is 11.3 Å². The van der Waals surface area contributed by atoms with Crippen molar-refractivity contribution in [1.82, 2.24) is 0 Å². The summed E-state index contributed by atoms with van der Waals surface area (Å²) in [5, 5.41) is 1.84. The topological polar surface area (TPSA) is 63.2 Å². The van der Waals surface area contributed by atoms with Crippen molar-refractivity contribution in [3.63, 3.8) is 0 Å². The van der Waals surface area contributed by atoms with Gasteiger partial charge in [0.2, 0.25) is 0 Å². The number of anilines is 1. The monoisotopic (exact) mass is 331 g/mol. The molecule has 0 unspecified atom stereocenters. The predicted molar refractivity (Wildman–Crippen MR) is 57.1 cm³/mol. The second-order valence-electron chi connectivity index (χ2n) is 2.87. The quantitative estimate of drug-likeness (QED) is 0.864. The lowest BCUT2D eigenvalue weighted by Gasteiger charge is -2.07. The highest BCUT2D eigenvalue weighted by Crippen LogP contribution is 2.26. The lowest BCUT2D eigenvalue weighted by molar-refractivity contribution is -0.126. The summed E-state index contributed by atoms with van der Waals surface area (Å²) < 4.78 is 57.5. The van der Waals surface area contributed by atoms with Crippen LogP contribution >= 0.6 is 15.9 Å². The molecule has 1 amide bonds. The normalized spacial score (nSPS) is 11.6. The second kappa shape index (κ2) is 5.05. The van der Waals surface area contributed by atoms with Crippen molar-refractivity contribution in [2.24, 2.45) is 0 Å². The summed E-state index contributed by atoms with van der Waals surface area (Å²) in [5.41, 5.74) is -0.0808. The van der Waals surface area contributed by atoms with Crippen LogP contribution in [0, 0.1) is 0 Å². The van der Waals surface area contributed by atoms with Gasteiger partial charge in [0.05, 0.1) is 10.6 Å². The number of halogens is 4. The van der Waals surface area contributed by atoms with E-state index in [9.17, 15) is 25.9 Å². The van der Waals surface area contributed by atoms with Crippen LogP contribution < -0.4 is 5.32 Å². The summed E-state index contributed by atoms with van der Waals surface area (Å²) in [6, 6.07) is 2.70. The van der Waals surface area contributed by atoms with Crippen LogP contribution in [0.25, 0.3) is 0 Å². The van der Waals surface area contributed by atoms with Crippen LogP contribution in [0.1, 0.15) is 0 Å². The van der Waals surface area contributed by atoms with Gasteiger partial charge >= 0.3 is 16.6 Å². The standard InChI is InChI=1S/C8H5BrF3NO3S/c9-5-3-4(17(12,15)16)1-2-6(5)13-8(14)7(10)11/h1-3,7H,(H,13,14). The van der Waals surface area contributed by atoms with E-state index >= 15 is 0 Å². The molecule has 1 aromatic carbocycles. The van der Waals surface area contributed by atoms with E-state index in [1.165, 1.54) is 0 Å². The molecule has 0 saturated heterocycles. The van der Waals surface area contributed by atoms with Gasteiger partial charge in [0.25, 0.3) is 5.91 Å². The average Bonchev–Trinajstić information content (AvgIpc) is 2.19. The Labute approximate surface area is 103 Å². The van der Waals surface area contributed by atoms with E-state index in [1.807, 2.05) is 5.32 Å². The fraction of sp³-hybridized carbons (Fsp3) is 0.125. The van der Waals surface area contributed by atoms with Gasteiger partial charge < -0.3 is 5.32 Å². The molecule has 0 atom stereocenters. The largest absolute Gasteiger partial charge is 0.332 e. The van der Waals surface area contributed by atoms with Crippen LogP contribution in [0.15, 0.2) is 27.6 Å². The van der Waals surface area contributed by atoms with Crippen molar-refractivity contribution in [3.8, 4) is 0 Å². The summed E-state index contributed by atoms with van der Waals surface area (Å²) in [4.78, 5) is 10.0. The fourth-order valence-electron chi connectivity index (χ4n) is 0.936. The molecule has 17 heavy (non-hydrogen) atoms. The molecule has 0 aliphatic carbocycles. The molecule has 1 N–H and O–H groups in total. The van der Waals surface area contributed by atoms with Crippen molar-refractivity contribution in [1.29, 1.82) is 0 Å². The number of amides is 1. The molecular formula is C8H5BrF3NO3S. The Balaban J connectivity index is 3.03. The molecule has 0 aliphatic rings. The summed E-state index contributed by atoms with van der Waals surface area (Å²) >= 11 is 2.83. The number of rotatable bonds is 3. The SMILES string of the molecule is O=C(Nc1ccc(S(=O)(=O)F)cc1Br)C(F)F. The first-order valence-corrected chi connectivity index (χ1v) is 6.22. The van der Waals surface area contributed by atoms with Gasteiger partial charge in [-0.3, -0.25) is 4.79 Å². The Morgan fingerprint density at radius 1 is 1.35 bits per heavy atom. The van der Waals surface area contributed by atoms with Crippen LogP contribution in [0.5, 0.6) is 0 Å². The van der Waals surface area contributed by atoms with E-state index < -0.39 is 27.5 Å². The number of carbonyl (C=O) groups excluding carboxylic acids is 1. The van der Waals surface area contributed by atoms with E-state index in [0.29, 0.717) is 0 Å². The van der Waals surface area contributed by atoms with Crippen LogP contribution in [0.3, 0.4) is 0 Å². The van der Waals surface area contributed by atoms with Gasteiger partial charge in [-0.25, -0.2) is 0 Å². The number of carbonyl (C=O) groups is 1. The van der Waals surface area contributed by atoms with Gasteiger partial charge in [0, 0.05) is 4.47 Å². The van der Waals surface area contributed by atoms with Crippen molar-refractivity contribution < 1.29 is 25.9 Å². The molecule has 4 nitrogen and oxygen atoms in total. The summed E-state index contributed by atoms with van der Waals surface area (Å²) in [5.74, 6) is -1.54. The van der Waals surface area contributed by atoms with Gasteiger partial charge in [-0.2, -0.15) is 17.2 Å². The molecule has 0 spiro atoms. The molecule has 0 radical (unpaired) electrons. The maximum Gasteiger partial charge on any atom is 0.332 e. The third kappa shape index (κ3) is 3.70. The molecule has 9 heteroatoms. The molecule has 94 valence electrons. The van der Waals surface area contributed by atoms with Crippen LogP contribution in [-0.4, -0.2) is 20.8 Å². The first kappa shape index (κ1) is 14.0. The first-order chi connectivity index (χ1) is 7.71. The zero-order valence-electron chi connectivity index (χ0n) is 7.95. The second-order valence-corrected chi connectivity index (χ2v) is 5.07. The van der Waals surface area contributed by atoms with E-state index in [0.717, 1.165) is 18.2 Å². The Hall–Kier alpha value is -1.09. The minimum Gasteiger partial charge on any atom is -0.320 e. The van der Waals surface area contributed by atoms with Crippen LogP contribution in [0.2, 0.25) is 0 Å². The number of hydrogen-bond acceptors (Lipinski definition) is 3. The molecular weight excluding hydrogens is 327 g/mol. The molecule has 1 aromatic rings. The molecule has 0 fully saturated rings. The van der Waals surface area contributed by atoms with E-state index in [2.05, 4.69) is 15.9 Å². The van der Waals surface area contributed by atoms with Gasteiger partial charge in [0.1, 0.15) is 0 Å². The zero-order chi connectivity index (χ0) is 13.2. The number of hydrogen-bond donors (Lipinski definition) is 1. The Kier molecular flexibility index (Phi) is 4.15. The number of benzene rings is 1. The lowest BCUT2D eigenvalue weighted by atomic mass is 10.3. The lowest BCUT2D eigenvalue weighted by Crippen LogP contribution is -2.20. The fourth-order valence-corrected chi connectivity index (χ4v) is 2.05. The third-order valence-corrected chi connectivity index (χ3v) is 3.15. The highest BCUT2D eigenvalue weighted by molar-refractivity contribution is 9.10. The zero-order valence-corrected chi connectivity index (χ0v) is 10.4. The van der Waals surface area contributed by atoms with Crippen LogP contribution in [0.4, 0.5) is 18.4 Å². The highest BCUT2D eigenvalue weighted by Gasteiger charge is 2.18. The van der Waals surface area contributed by atoms with Gasteiger partial charge in [-0.15, -0.1) is 3.89 Å². The van der Waals surface area contributed by atoms with Gasteiger partial charge in [-0.1, -0.05) is 0 Å². The average molecular weight is 332 g/mol. The smallest absolute Gasteiger partial charge is 0.320 e. The molecule has 1 rings (SSSR count). The van der Waals surface area contributed by atoms with E-state index in [1.54, 1.807) is 0 Å². The minimum atomic E-state index is -4.88. The van der Waals surface area contributed by atoms with Crippen molar-refractivity contribution in [2.75, 3.05) is 5.32 Å².